The molecule has 2 N–H and O–H groups in total. The molecule has 3 atom stereocenters. The number of aromatic nitrogens is 2. The van der Waals surface area contributed by atoms with Crippen LogP contribution in [0.25, 0.3) is 0 Å². The molecule has 2 heterocycles. The van der Waals surface area contributed by atoms with Crippen LogP contribution in [0.1, 0.15) is 25.0 Å². The summed E-state index contributed by atoms with van der Waals surface area (Å²) >= 11 is 0. The van der Waals surface area contributed by atoms with E-state index in [1.54, 1.807) is 30.6 Å². The van der Waals surface area contributed by atoms with Crippen molar-refractivity contribution in [1.29, 1.82) is 0 Å². The summed E-state index contributed by atoms with van der Waals surface area (Å²) in [5, 5.41) is 16.9. The number of hydrogen-bond acceptors (Lipinski definition) is 7. The molecule has 1 fully saturated rings. The molecule has 0 bridgehead atoms. The van der Waals surface area contributed by atoms with Gasteiger partial charge < -0.3 is 24.4 Å². The predicted molar refractivity (Wildman–Crippen MR) is 87.2 cm³/mol. The molecule has 1 amide bonds. The molecule has 0 aromatic carbocycles. The standard InChI is InChI=1S/C17H21N3O5/c1-23-16-9-11(25-20-16)4-7-15(21)19-13-5-6-14(17(13)22)24-12-3-2-8-18-10-12/h2-3,8-10,13-14,17,22H,4-7H2,1H3,(H,19,21)/t13-,14-,17-/m1/s1. The van der Waals surface area contributed by atoms with Crippen molar-refractivity contribution in [2.45, 2.75) is 43.9 Å². The number of ether oxygens (including phenoxy) is 2. The fourth-order valence-electron chi connectivity index (χ4n) is 2.85. The second-order valence-corrected chi connectivity index (χ2v) is 5.92. The molecule has 2 aromatic heterocycles. The van der Waals surface area contributed by atoms with Crippen LogP contribution in [0.5, 0.6) is 11.6 Å². The molecule has 0 radical (unpaired) electrons. The van der Waals surface area contributed by atoms with Crippen molar-refractivity contribution in [1.82, 2.24) is 15.5 Å². The van der Waals surface area contributed by atoms with Gasteiger partial charge in [-0.25, -0.2) is 0 Å². The summed E-state index contributed by atoms with van der Waals surface area (Å²) in [5.41, 5.74) is 0. The maximum Gasteiger partial charge on any atom is 0.254 e. The number of aryl methyl sites for hydroxylation is 1. The van der Waals surface area contributed by atoms with E-state index in [0.717, 1.165) is 0 Å². The van der Waals surface area contributed by atoms with Crippen LogP contribution in [0.4, 0.5) is 0 Å². The third kappa shape index (κ3) is 4.48. The first-order valence-corrected chi connectivity index (χ1v) is 8.19. The van der Waals surface area contributed by atoms with Gasteiger partial charge in [0.1, 0.15) is 23.7 Å². The topological polar surface area (TPSA) is 107 Å². The van der Waals surface area contributed by atoms with Gasteiger partial charge in [-0.15, -0.1) is 0 Å². The number of carbonyl (C=O) groups excluding carboxylic acids is 1. The van der Waals surface area contributed by atoms with Crippen molar-refractivity contribution >= 4 is 5.91 Å². The first-order chi connectivity index (χ1) is 12.2. The third-order valence-corrected chi connectivity index (χ3v) is 4.17. The summed E-state index contributed by atoms with van der Waals surface area (Å²) in [6.07, 6.45) is 4.14. The first-order valence-electron chi connectivity index (χ1n) is 8.19. The summed E-state index contributed by atoms with van der Waals surface area (Å²) in [4.78, 5) is 16.1. The minimum Gasteiger partial charge on any atom is -0.486 e. The van der Waals surface area contributed by atoms with Crippen molar-refractivity contribution in [3.05, 3.63) is 36.4 Å². The van der Waals surface area contributed by atoms with Gasteiger partial charge in [0, 0.05) is 25.1 Å². The second-order valence-electron chi connectivity index (χ2n) is 5.92. The number of nitrogens with zero attached hydrogens (tertiary/aromatic N) is 2. The summed E-state index contributed by atoms with van der Waals surface area (Å²) < 4.78 is 15.7. The van der Waals surface area contributed by atoms with Gasteiger partial charge in [0.2, 0.25) is 5.91 Å². The number of methoxy groups -OCH3 is 1. The van der Waals surface area contributed by atoms with Crippen molar-refractivity contribution in [3.8, 4) is 11.6 Å². The lowest BCUT2D eigenvalue weighted by Crippen LogP contribution is -2.44. The molecule has 8 heteroatoms. The van der Waals surface area contributed by atoms with Crippen LogP contribution in [0.15, 0.2) is 35.1 Å². The SMILES string of the molecule is COc1cc(CCC(=O)N[C@@H]2CC[C@@H](Oc3cccnc3)[C@@H]2O)on1. The zero-order valence-corrected chi connectivity index (χ0v) is 13.9. The van der Waals surface area contributed by atoms with Gasteiger partial charge in [0.05, 0.1) is 19.3 Å². The van der Waals surface area contributed by atoms with Crippen LogP contribution >= 0.6 is 0 Å². The Morgan fingerprint density at radius 3 is 3.08 bits per heavy atom. The highest BCUT2D eigenvalue weighted by atomic mass is 16.5. The molecule has 0 unspecified atom stereocenters. The molecule has 0 saturated heterocycles. The molecule has 1 aliphatic carbocycles. The summed E-state index contributed by atoms with van der Waals surface area (Å²) in [6.45, 7) is 0. The van der Waals surface area contributed by atoms with Crippen LogP contribution in [-0.4, -0.2) is 46.5 Å². The zero-order chi connectivity index (χ0) is 17.6. The van der Waals surface area contributed by atoms with Gasteiger partial charge >= 0.3 is 0 Å². The van der Waals surface area contributed by atoms with Crippen molar-refractivity contribution < 1.29 is 23.9 Å². The van der Waals surface area contributed by atoms with Gasteiger partial charge in [-0.2, -0.15) is 0 Å². The van der Waals surface area contributed by atoms with Crippen molar-refractivity contribution in [2.75, 3.05) is 7.11 Å². The molecule has 1 aliphatic rings. The summed E-state index contributed by atoms with van der Waals surface area (Å²) in [5.74, 6) is 1.42. The monoisotopic (exact) mass is 347 g/mol. The van der Waals surface area contributed by atoms with Gasteiger partial charge in [0.25, 0.3) is 5.88 Å². The normalized spacial score (nSPS) is 22.6. The number of aliphatic hydroxyl groups excluding tert-OH is 1. The lowest BCUT2D eigenvalue weighted by Gasteiger charge is -2.21. The maximum absolute atomic E-state index is 12.1. The van der Waals surface area contributed by atoms with E-state index in [0.29, 0.717) is 36.7 Å². The maximum atomic E-state index is 12.1. The number of nitrogens with one attached hydrogen (secondary N) is 1. The van der Waals surface area contributed by atoms with Crippen LogP contribution in [0.2, 0.25) is 0 Å². The van der Waals surface area contributed by atoms with Crippen LogP contribution in [0, 0.1) is 0 Å². The second kappa shape index (κ2) is 7.98. The highest BCUT2D eigenvalue weighted by Gasteiger charge is 2.37. The number of amides is 1. The summed E-state index contributed by atoms with van der Waals surface area (Å²) in [6, 6.07) is 4.89. The molecule has 134 valence electrons. The highest BCUT2D eigenvalue weighted by Crippen LogP contribution is 2.25. The zero-order valence-electron chi connectivity index (χ0n) is 13.9. The van der Waals surface area contributed by atoms with Gasteiger partial charge in [-0.05, 0) is 30.1 Å². The molecular formula is C17H21N3O5. The molecule has 0 spiro atoms. The van der Waals surface area contributed by atoms with Gasteiger partial charge in [0.15, 0.2) is 0 Å². The van der Waals surface area contributed by atoms with E-state index in [-0.39, 0.29) is 24.5 Å². The Morgan fingerprint density at radius 2 is 2.36 bits per heavy atom. The quantitative estimate of drug-likeness (QED) is 0.772. The predicted octanol–water partition coefficient (Wildman–Crippen LogP) is 1.10. The molecule has 3 rings (SSSR count). The van der Waals surface area contributed by atoms with E-state index in [1.807, 2.05) is 0 Å². The largest absolute Gasteiger partial charge is 0.486 e. The van der Waals surface area contributed by atoms with Crippen LogP contribution in [-0.2, 0) is 11.2 Å². The van der Waals surface area contributed by atoms with E-state index >= 15 is 0 Å². The summed E-state index contributed by atoms with van der Waals surface area (Å²) in [7, 11) is 1.50. The Kier molecular flexibility index (Phi) is 5.49. The average molecular weight is 347 g/mol. The Hall–Kier alpha value is -2.61. The van der Waals surface area contributed by atoms with E-state index in [2.05, 4.69) is 15.5 Å². The molecule has 0 aliphatic heterocycles. The van der Waals surface area contributed by atoms with Gasteiger partial charge in [-0.1, -0.05) is 0 Å². The Labute approximate surface area is 145 Å². The lowest BCUT2D eigenvalue weighted by molar-refractivity contribution is -0.122. The van der Waals surface area contributed by atoms with E-state index in [9.17, 15) is 9.90 Å². The fraction of sp³-hybridized carbons (Fsp3) is 0.471. The third-order valence-electron chi connectivity index (χ3n) is 4.17. The van der Waals surface area contributed by atoms with Crippen LogP contribution < -0.4 is 14.8 Å². The number of pyridine rings is 1. The first kappa shape index (κ1) is 17.2. The molecule has 1 saturated carbocycles. The van der Waals surface area contributed by atoms with E-state index in [4.69, 9.17) is 14.0 Å². The molecular weight excluding hydrogens is 326 g/mol. The number of rotatable bonds is 7. The Bertz CT molecular complexity index is 691. The lowest BCUT2D eigenvalue weighted by atomic mass is 10.1. The minimum absolute atomic E-state index is 0.151. The molecule has 8 nitrogen and oxygen atoms in total. The number of carbonyl (C=O) groups is 1. The number of aliphatic hydroxyl groups is 1. The van der Waals surface area contributed by atoms with Gasteiger partial charge in [-0.3, -0.25) is 9.78 Å². The van der Waals surface area contributed by atoms with Crippen LogP contribution in [0.3, 0.4) is 0 Å². The van der Waals surface area contributed by atoms with Crippen molar-refractivity contribution in [3.63, 3.8) is 0 Å². The molecule has 2 aromatic rings. The van der Waals surface area contributed by atoms with Crippen molar-refractivity contribution in [2.24, 2.45) is 0 Å². The molecule has 25 heavy (non-hydrogen) atoms. The van der Waals surface area contributed by atoms with E-state index < -0.39 is 6.10 Å². The average Bonchev–Trinajstić information content (AvgIpc) is 3.23. The Balaban J connectivity index is 1.45. The minimum atomic E-state index is -0.755. The Morgan fingerprint density at radius 1 is 1.48 bits per heavy atom. The van der Waals surface area contributed by atoms with E-state index in [1.165, 1.54) is 7.11 Å². The highest BCUT2D eigenvalue weighted by molar-refractivity contribution is 5.76. The number of hydrogen-bond donors (Lipinski definition) is 2. The smallest absolute Gasteiger partial charge is 0.254 e. The fourth-order valence-corrected chi connectivity index (χ4v) is 2.85.